The number of carbonyl (C=O) groups excluding carboxylic acids is 1. The maximum Gasteiger partial charge on any atom is 0.240 e. The summed E-state index contributed by atoms with van der Waals surface area (Å²) >= 11 is 0. The number of hydrogen-bond acceptors (Lipinski definition) is 3. The van der Waals surface area contributed by atoms with Gasteiger partial charge in [-0.3, -0.25) is 4.79 Å². The molecule has 1 heterocycles. The van der Waals surface area contributed by atoms with Gasteiger partial charge in [-0.1, -0.05) is 19.1 Å². The summed E-state index contributed by atoms with van der Waals surface area (Å²) in [6.07, 6.45) is 1.33. The fourth-order valence-corrected chi connectivity index (χ4v) is 1.88. The van der Waals surface area contributed by atoms with E-state index >= 15 is 0 Å². The fraction of sp³-hybridized carbons (Fsp3) is 0.333. The number of amides is 1. The van der Waals surface area contributed by atoms with E-state index in [9.17, 15) is 9.90 Å². The van der Waals surface area contributed by atoms with E-state index in [0.717, 1.165) is 17.7 Å². The molecule has 16 heavy (non-hydrogen) atoms. The van der Waals surface area contributed by atoms with E-state index in [2.05, 4.69) is 10.5 Å². The Morgan fingerprint density at radius 2 is 2.38 bits per heavy atom. The number of aromatic hydroxyl groups is 1. The van der Waals surface area contributed by atoms with E-state index in [-0.39, 0.29) is 17.6 Å². The highest BCUT2D eigenvalue weighted by Gasteiger charge is 2.23. The molecular weight excluding hydrogens is 204 g/mol. The fourth-order valence-electron chi connectivity index (χ4n) is 1.88. The average Bonchev–Trinajstić information content (AvgIpc) is 2.28. The summed E-state index contributed by atoms with van der Waals surface area (Å²) in [5.41, 5.74) is 4.19. The smallest absolute Gasteiger partial charge is 0.240 e. The van der Waals surface area contributed by atoms with Gasteiger partial charge in [-0.25, -0.2) is 5.43 Å². The standard InChI is InChI=1S/C12H14N2O2/c1-2-8-7-11(16)13-14-12(8)9-4-3-5-10(15)6-9/h3-6,8,15H,2,7H2,1H3,(H,13,16). The van der Waals surface area contributed by atoms with Gasteiger partial charge in [-0.15, -0.1) is 0 Å². The van der Waals surface area contributed by atoms with Gasteiger partial charge in [0.1, 0.15) is 5.75 Å². The number of hydrazone groups is 1. The van der Waals surface area contributed by atoms with Crippen LogP contribution in [0.15, 0.2) is 29.4 Å². The average molecular weight is 218 g/mol. The molecule has 2 rings (SSSR count). The van der Waals surface area contributed by atoms with Crippen LogP contribution in [0.4, 0.5) is 0 Å². The summed E-state index contributed by atoms with van der Waals surface area (Å²) < 4.78 is 0. The Labute approximate surface area is 94.0 Å². The summed E-state index contributed by atoms with van der Waals surface area (Å²) in [5.74, 6) is 0.304. The number of nitrogens with zero attached hydrogens (tertiary/aromatic N) is 1. The summed E-state index contributed by atoms with van der Waals surface area (Å²) in [6, 6.07) is 6.94. The highest BCUT2D eigenvalue weighted by molar-refractivity contribution is 6.06. The molecule has 0 aromatic heterocycles. The van der Waals surface area contributed by atoms with Crippen molar-refractivity contribution in [1.82, 2.24) is 5.43 Å². The van der Waals surface area contributed by atoms with Crippen molar-refractivity contribution < 1.29 is 9.90 Å². The topological polar surface area (TPSA) is 61.7 Å². The molecule has 4 heteroatoms. The first-order valence-corrected chi connectivity index (χ1v) is 5.36. The molecule has 84 valence electrons. The molecule has 1 unspecified atom stereocenters. The Balaban J connectivity index is 2.35. The molecule has 0 saturated carbocycles. The van der Waals surface area contributed by atoms with Crippen molar-refractivity contribution in [3.05, 3.63) is 29.8 Å². The van der Waals surface area contributed by atoms with E-state index in [1.165, 1.54) is 0 Å². The monoisotopic (exact) mass is 218 g/mol. The number of phenols is 1. The molecule has 1 aliphatic heterocycles. The van der Waals surface area contributed by atoms with Crippen LogP contribution in [0.2, 0.25) is 0 Å². The van der Waals surface area contributed by atoms with Gasteiger partial charge in [-0.2, -0.15) is 5.10 Å². The minimum atomic E-state index is -0.0456. The van der Waals surface area contributed by atoms with Gasteiger partial charge in [0.2, 0.25) is 5.91 Å². The molecule has 0 spiro atoms. The van der Waals surface area contributed by atoms with Crippen LogP contribution in [-0.4, -0.2) is 16.7 Å². The molecule has 1 atom stereocenters. The van der Waals surface area contributed by atoms with Gasteiger partial charge in [-0.05, 0) is 18.6 Å². The lowest BCUT2D eigenvalue weighted by Gasteiger charge is -2.21. The van der Waals surface area contributed by atoms with Crippen LogP contribution in [0.3, 0.4) is 0 Å². The van der Waals surface area contributed by atoms with E-state index in [1.807, 2.05) is 13.0 Å². The predicted octanol–water partition coefficient (Wildman–Crippen LogP) is 1.64. The van der Waals surface area contributed by atoms with Crippen molar-refractivity contribution in [2.45, 2.75) is 19.8 Å². The van der Waals surface area contributed by atoms with Crippen LogP contribution in [0.1, 0.15) is 25.3 Å². The first kappa shape index (κ1) is 10.7. The summed E-state index contributed by atoms with van der Waals surface area (Å²) in [5, 5.41) is 13.5. The molecule has 2 N–H and O–H groups in total. The molecule has 0 radical (unpaired) electrons. The minimum Gasteiger partial charge on any atom is -0.508 e. The van der Waals surface area contributed by atoms with Crippen molar-refractivity contribution >= 4 is 11.6 Å². The van der Waals surface area contributed by atoms with Gasteiger partial charge in [0.05, 0.1) is 5.71 Å². The first-order chi connectivity index (χ1) is 7.70. The van der Waals surface area contributed by atoms with E-state index in [4.69, 9.17) is 0 Å². The van der Waals surface area contributed by atoms with Crippen LogP contribution < -0.4 is 5.43 Å². The summed E-state index contributed by atoms with van der Waals surface area (Å²) in [4.78, 5) is 11.2. The zero-order chi connectivity index (χ0) is 11.5. The molecule has 1 aromatic rings. The normalized spacial score (nSPS) is 20.2. The Bertz CT molecular complexity index is 440. The first-order valence-electron chi connectivity index (χ1n) is 5.36. The van der Waals surface area contributed by atoms with Crippen molar-refractivity contribution in [1.29, 1.82) is 0 Å². The van der Waals surface area contributed by atoms with Crippen molar-refractivity contribution in [2.24, 2.45) is 11.0 Å². The van der Waals surface area contributed by atoms with E-state index in [1.54, 1.807) is 18.2 Å². The highest BCUT2D eigenvalue weighted by Crippen LogP contribution is 2.22. The Morgan fingerprint density at radius 3 is 3.06 bits per heavy atom. The number of carbonyl (C=O) groups is 1. The van der Waals surface area contributed by atoms with Crippen LogP contribution in [-0.2, 0) is 4.79 Å². The Hall–Kier alpha value is -1.84. The zero-order valence-electron chi connectivity index (χ0n) is 9.10. The van der Waals surface area contributed by atoms with Gasteiger partial charge in [0.25, 0.3) is 0 Å². The van der Waals surface area contributed by atoms with Crippen LogP contribution in [0, 0.1) is 5.92 Å². The van der Waals surface area contributed by atoms with Crippen LogP contribution in [0.25, 0.3) is 0 Å². The number of nitrogens with one attached hydrogen (secondary N) is 1. The third-order valence-electron chi connectivity index (χ3n) is 2.75. The zero-order valence-corrected chi connectivity index (χ0v) is 9.10. The molecule has 4 nitrogen and oxygen atoms in total. The molecule has 0 fully saturated rings. The number of hydrogen-bond donors (Lipinski definition) is 2. The number of rotatable bonds is 2. The van der Waals surface area contributed by atoms with Gasteiger partial charge in [0.15, 0.2) is 0 Å². The molecule has 0 aliphatic carbocycles. The molecule has 1 amide bonds. The third kappa shape index (κ3) is 2.05. The second-order valence-corrected chi connectivity index (χ2v) is 3.89. The maximum absolute atomic E-state index is 11.2. The van der Waals surface area contributed by atoms with Gasteiger partial charge >= 0.3 is 0 Å². The molecule has 1 aromatic carbocycles. The van der Waals surface area contributed by atoms with Gasteiger partial charge in [0, 0.05) is 17.9 Å². The molecular formula is C12H14N2O2. The van der Waals surface area contributed by atoms with Crippen LogP contribution in [0.5, 0.6) is 5.75 Å². The minimum absolute atomic E-state index is 0.0456. The van der Waals surface area contributed by atoms with Crippen molar-refractivity contribution in [3.63, 3.8) is 0 Å². The SMILES string of the molecule is CCC1CC(=O)NN=C1c1cccc(O)c1. The molecule has 0 bridgehead atoms. The largest absolute Gasteiger partial charge is 0.508 e. The second kappa shape index (κ2) is 4.35. The lowest BCUT2D eigenvalue weighted by molar-refractivity contribution is -0.122. The Kier molecular flexibility index (Phi) is 2.90. The lowest BCUT2D eigenvalue weighted by atomic mass is 9.90. The Morgan fingerprint density at radius 1 is 1.56 bits per heavy atom. The van der Waals surface area contributed by atoms with Gasteiger partial charge < -0.3 is 5.11 Å². The quantitative estimate of drug-likeness (QED) is 0.792. The van der Waals surface area contributed by atoms with E-state index < -0.39 is 0 Å². The second-order valence-electron chi connectivity index (χ2n) is 3.89. The maximum atomic E-state index is 11.2. The van der Waals surface area contributed by atoms with E-state index in [0.29, 0.717) is 6.42 Å². The van der Waals surface area contributed by atoms with Crippen molar-refractivity contribution in [3.8, 4) is 5.75 Å². The number of phenolic OH excluding ortho intramolecular Hbond substituents is 1. The predicted molar refractivity (Wildman–Crippen MR) is 61.2 cm³/mol. The number of benzene rings is 1. The highest BCUT2D eigenvalue weighted by atomic mass is 16.3. The van der Waals surface area contributed by atoms with Crippen LogP contribution >= 0.6 is 0 Å². The lowest BCUT2D eigenvalue weighted by Crippen LogP contribution is -2.33. The summed E-state index contributed by atoms with van der Waals surface area (Å²) in [6.45, 7) is 2.03. The third-order valence-corrected chi connectivity index (χ3v) is 2.75. The summed E-state index contributed by atoms with van der Waals surface area (Å²) in [7, 11) is 0. The molecule has 0 saturated heterocycles. The van der Waals surface area contributed by atoms with Crippen molar-refractivity contribution in [2.75, 3.05) is 0 Å². The molecule has 1 aliphatic rings.